The number of carboxylic acids is 1. The van der Waals surface area contributed by atoms with E-state index in [1.165, 1.54) is 18.2 Å². The molecule has 0 amide bonds. The Balaban J connectivity index is 2.02. The number of hydrogen-bond donors (Lipinski definition) is 2. The molecule has 0 fully saturated rings. The number of carbonyl (C=O) groups is 1. The zero-order chi connectivity index (χ0) is 12.3. The third-order valence-electron chi connectivity index (χ3n) is 2.20. The lowest BCUT2D eigenvalue weighted by Gasteiger charge is -2.04. The minimum Gasteiger partial charge on any atom is -0.475 e. The molecule has 1 aromatic carbocycles. The van der Waals surface area contributed by atoms with Gasteiger partial charge in [0.2, 0.25) is 5.76 Å². The van der Waals surface area contributed by atoms with Gasteiger partial charge in [-0.15, -0.1) is 0 Å². The number of rotatable bonds is 4. The normalized spacial score (nSPS) is 10.2. The molecule has 88 valence electrons. The van der Waals surface area contributed by atoms with Crippen molar-refractivity contribution in [1.82, 2.24) is 0 Å². The fourth-order valence-electron chi connectivity index (χ4n) is 1.37. The van der Waals surface area contributed by atoms with Gasteiger partial charge in [-0.3, -0.25) is 0 Å². The van der Waals surface area contributed by atoms with Crippen molar-refractivity contribution in [3.05, 3.63) is 53.7 Å². The van der Waals surface area contributed by atoms with Crippen LogP contribution >= 0.6 is 0 Å². The van der Waals surface area contributed by atoms with Crippen molar-refractivity contribution in [2.45, 2.75) is 6.54 Å². The Morgan fingerprint density at radius 2 is 2.06 bits per heavy atom. The van der Waals surface area contributed by atoms with Crippen molar-refractivity contribution < 1.29 is 18.7 Å². The average molecular weight is 235 g/mol. The molecule has 0 aliphatic carbocycles. The van der Waals surface area contributed by atoms with Crippen LogP contribution in [0.3, 0.4) is 0 Å². The Morgan fingerprint density at radius 3 is 2.71 bits per heavy atom. The Labute approximate surface area is 96.7 Å². The molecule has 0 saturated heterocycles. The molecule has 0 spiro atoms. The molecule has 0 radical (unpaired) electrons. The smallest absolute Gasteiger partial charge is 0.371 e. The summed E-state index contributed by atoms with van der Waals surface area (Å²) in [5, 5.41) is 11.5. The van der Waals surface area contributed by atoms with E-state index in [9.17, 15) is 9.18 Å². The molecule has 0 aliphatic heterocycles. The van der Waals surface area contributed by atoms with E-state index in [1.54, 1.807) is 18.2 Å². The van der Waals surface area contributed by atoms with Gasteiger partial charge in [0.25, 0.3) is 0 Å². The van der Waals surface area contributed by atoms with Crippen LogP contribution in [0.2, 0.25) is 0 Å². The van der Waals surface area contributed by atoms with Gasteiger partial charge in [-0.05, 0) is 24.3 Å². The molecule has 0 saturated carbocycles. The first-order valence-electron chi connectivity index (χ1n) is 4.97. The van der Waals surface area contributed by atoms with Crippen LogP contribution < -0.4 is 5.32 Å². The summed E-state index contributed by atoms with van der Waals surface area (Å²) in [5.74, 6) is -1.18. The fourth-order valence-corrected chi connectivity index (χ4v) is 1.37. The molecule has 0 unspecified atom stereocenters. The number of halogens is 1. The highest BCUT2D eigenvalue weighted by molar-refractivity contribution is 5.84. The first-order valence-corrected chi connectivity index (χ1v) is 4.97. The Kier molecular flexibility index (Phi) is 3.09. The minimum atomic E-state index is -1.12. The number of nitrogens with one attached hydrogen (secondary N) is 1. The number of anilines is 1. The summed E-state index contributed by atoms with van der Waals surface area (Å²) in [4.78, 5) is 10.6. The number of carboxylic acid groups (broad SMARTS) is 1. The third kappa shape index (κ3) is 2.63. The van der Waals surface area contributed by atoms with Gasteiger partial charge in [0.15, 0.2) is 0 Å². The van der Waals surface area contributed by atoms with Crippen LogP contribution in [-0.2, 0) is 6.54 Å². The second-order valence-electron chi connectivity index (χ2n) is 3.40. The van der Waals surface area contributed by atoms with Crippen LogP contribution in [0.25, 0.3) is 0 Å². The molecule has 1 aromatic heterocycles. The molecule has 2 rings (SSSR count). The Bertz CT molecular complexity index is 536. The topological polar surface area (TPSA) is 62.5 Å². The molecule has 2 aromatic rings. The molecule has 17 heavy (non-hydrogen) atoms. The highest BCUT2D eigenvalue weighted by atomic mass is 19.1. The summed E-state index contributed by atoms with van der Waals surface area (Å²) in [7, 11) is 0. The van der Waals surface area contributed by atoms with E-state index < -0.39 is 5.97 Å². The van der Waals surface area contributed by atoms with E-state index in [0.717, 1.165) is 0 Å². The second-order valence-corrected chi connectivity index (χ2v) is 3.40. The summed E-state index contributed by atoms with van der Waals surface area (Å²) in [6.45, 7) is 0.230. The standard InChI is InChI=1S/C12H10FNO3/c13-9-3-1-2-4-10(9)14-7-8-5-6-11(17-8)12(15)16/h1-6,14H,7H2,(H,15,16). The highest BCUT2D eigenvalue weighted by Gasteiger charge is 2.09. The SMILES string of the molecule is O=C(O)c1ccc(CNc2ccccc2F)o1. The quantitative estimate of drug-likeness (QED) is 0.855. The molecule has 2 N–H and O–H groups in total. The highest BCUT2D eigenvalue weighted by Crippen LogP contribution is 2.15. The van der Waals surface area contributed by atoms with Crippen molar-refractivity contribution in [3.63, 3.8) is 0 Å². The average Bonchev–Trinajstić information content (AvgIpc) is 2.77. The van der Waals surface area contributed by atoms with E-state index in [-0.39, 0.29) is 18.1 Å². The van der Waals surface area contributed by atoms with Gasteiger partial charge in [-0.1, -0.05) is 12.1 Å². The summed E-state index contributed by atoms with van der Waals surface area (Å²) in [6.07, 6.45) is 0. The van der Waals surface area contributed by atoms with Crippen molar-refractivity contribution >= 4 is 11.7 Å². The van der Waals surface area contributed by atoms with Crippen LogP contribution in [0, 0.1) is 5.82 Å². The minimum absolute atomic E-state index is 0.129. The second kappa shape index (κ2) is 4.69. The van der Waals surface area contributed by atoms with Crippen LogP contribution in [0.5, 0.6) is 0 Å². The Hall–Kier alpha value is -2.30. The number of para-hydroxylation sites is 1. The maximum Gasteiger partial charge on any atom is 0.371 e. The van der Waals surface area contributed by atoms with E-state index in [4.69, 9.17) is 9.52 Å². The van der Waals surface area contributed by atoms with Gasteiger partial charge < -0.3 is 14.8 Å². The largest absolute Gasteiger partial charge is 0.475 e. The van der Waals surface area contributed by atoms with Gasteiger partial charge in [-0.25, -0.2) is 9.18 Å². The molecule has 4 nitrogen and oxygen atoms in total. The van der Waals surface area contributed by atoms with Crippen molar-refractivity contribution in [3.8, 4) is 0 Å². The summed E-state index contributed by atoms with van der Waals surface area (Å²) >= 11 is 0. The van der Waals surface area contributed by atoms with Gasteiger partial charge in [0, 0.05) is 0 Å². The van der Waals surface area contributed by atoms with Gasteiger partial charge in [0.1, 0.15) is 11.6 Å². The lowest BCUT2D eigenvalue weighted by atomic mass is 10.3. The molecule has 0 atom stereocenters. The number of aromatic carboxylic acids is 1. The zero-order valence-electron chi connectivity index (χ0n) is 8.81. The summed E-state index contributed by atoms with van der Waals surface area (Å²) in [6, 6.07) is 9.13. The van der Waals surface area contributed by atoms with Crippen LogP contribution in [0.15, 0.2) is 40.8 Å². The lowest BCUT2D eigenvalue weighted by Crippen LogP contribution is -2.00. The van der Waals surface area contributed by atoms with Crippen LogP contribution in [0.1, 0.15) is 16.3 Å². The molecular weight excluding hydrogens is 225 g/mol. The monoisotopic (exact) mass is 235 g/mol. The first kappa shape index (κ1) is 11.2. The van der Waals surface area contributed by atoms with Gasteiger partial charge in [-0.2, -0.15) is 0 Å². The molecule has 1 heterocycles. The first-order chi connectivity index (χ1) is 8.16. The maximum atomic E-state index is 13.2. The number of hydrogen-bond acceptors (Lipinski definition) is 3. The van der Waals surface area contributed by atoms with Gasteiger partial charge >= 0.3 is 5.97 Å². The molecule has 5 heteroatoms. The maximum absolute atomic E-state index is 13.2. The Morgan fingerprint density at radius 1 is 1.29 bits per heavy atom. The van der Waals surface area contributed by atoms with E-state index in [2.05, 4.69) is 5.32 Å². The fraction of sp³-hybridized carbons (Fsp3) is 0.0833. The van der Waals surface area contributed by atoms with Crippen LogP contribution in [-0.4, -0.2) is 11.1 Å². The predicted octanol–water partition coefficient (Wildman–Crippen LogP) is 2.73. The number of furan rings is 1. The zero-order valence-corrected chi connectivity index (χ0v) is 8.81. The lowest BCUT2D eigenvalue weighted by molar-refractivity contribution is 0.0660. The predicted molar refractivity (Wildman–Crippen MR) is 59.4 cm³/mol. The van der Waals surface area contributed by atoms with Crippen LogP contribution in [0.4, 0.5) is 10.1 Å². The molecular formula is C12H10FNO3. The van der Waals surface area contributed by atoms with E-state index >= 15 is 0 Å². The van der Waals surface area contributed by atoms with Crippen molar-refractivity contribution in [2.24, 2.45) is 0 Å². The summed E-state index contributed by atoms with van der Waals surface area (Å²) < 4.78 is 18.3. The van der Waals surface area contributed by atoms with Crippen molar-refractivity contribution in [1.29, 1.82) is 0 Å². The van der Waals surface area contributed by atoms with Gasteiger partial charge in [0.05, 0.1) is 12.2 Å². The van der Waals surface area contributed by atoms with E-state index in [0.29, 0.717) is 11.4 Å². The third-order valence-corrected chi connectivity index (χ3v) is 2.20. The molecule has 0 aliphatic rings. The van der Waals surface area contributed by atoms with E-state index in [1.807, 2.05) is 0 Å². The summed E-state index contributed by atoms with van der Waals surface area (Å²) in [5.41, 5.74) is 0.348. The molecule has 0 bridgehead atoms. The van der Waals surface area contributed by atoms with Crippen molar-refractivity contribution in [2.75, 3.05) is 5.32 Å². The number of benzene rings is 1.